The molecule has 1 heterocycles. The monoisotopic (exact) mass is 244 g/mol. The summed E-state index contributed by atoms with van der Waals surface area (Å²) in [5.41, 5.74) is 5.45. The number of halogens is 1. The quantitative estimate of drug-likeness (QED) is 0.590. The molecule has 16 heavy (non-hydrogen) atoms. The molecule has 5 nitrogen and oxygen atoms in total. The Morgan fingerprint density at radius 2 is 2.25 bits per heavy atom. The zero-order valence-electron chi connectivity index (χ0n) is 9.53. The number of rotatable bonds is 6. The van der Waals surface area contributed by atoms with Gasteiger partial charge in [-0.1, -0.05) is 25.4 Å². The van der Waals surface area contributed by atoms with Crippen molar-refractivity contribution in [2.24, 2.45) is 5.92 Å². The van der Waals surface area contributed by atoms with Gasteiger partial charge in [0.25, 0.3) is 0 Å². The molecule has 1 rings (SSSR count). The van der Waals surface area contributed by atoms with Crippen LogP contribution in [0.5, 0.6) is 0 Å². The Bertz CT molecular complexity index is 312. The second-order valence-corrected chi connectivity index (χ2v) is 4.22. The molecule has 0 fully saturated rings. The van der Waals surface area contributed by atoms with Crippen LogP contribution in [0.15, 0.2) is 6.07 Å². The Morgan fingerprint density at radius 3 is 2.88 bits per heavy atom. The van der Waals surface area contributed by atoms with Crippen molar-refractivity contribution >= 4 is 23.4 Å². The van der Waals surface area contributed by atoms with E-state index >= 15 is 0 Å². The topological polar surface area (TPSA) is 73.1 Å². The minimum absolute atomic E-state index is 0.165. The average Bonchev–Trinajstić information content (AvgIpc) is 2.15. The predicted octanol–water partition coefficient (Wildman–Crippen LogP) is 1.80. The van der Waals surface area contributed by atoms with Gasteiger partial charge in [0.1, 0.15) is 11.0 Å². The first-order valence-corrected chi connectivity index (χ1v) is 5.57. The van der Waals surface area contributed by atoms with Gasteiger partial charge in [-0.25, -0.2) is 4.98 Å². The van der Waals surface area contributed by atoms with Crippen LogP contribution in [0, 0.1) is 5.92 Å². The molecule has 0 spiro atoms. The van der Waals surface area contributed by atoms with Crippen LogP contribution in [0.2, 0.25) is 5.15 Å². The number of anilines is 2. The van der Waals surface area contributed by atoms with Crippen LogP contribution in [0.4, 0.5) is 11.8 Å². The molecule has 0 aliphatic heterocycles. The van der Waals surface area contributed by atoms with E-state index in [-0.39, 0.29) is 5.95 Å². The lowest BCUT2D eigenvalue weighted by molar-refractivity contribution is 0.118. The molecule has 6 heteroatoms. The lowest BCUT2D eigenvalue weighted by Gasteiger charge is -2.08. The lowest BCUT2D eigenvalue weighted by Crippen LogP contribution is -2.13. The van der Waals surface area contributed by atoms with Gasteiger partial charge in [-0.05, 0) is 5.92 Å². The highest BCUT2D eigenvalue weighted by Gasteiger charge is 1.99. The summed E-state index contributed by atoms with van der Waals surface area (Å²) in [6.07, 6.45) is 0. The molecule has 1 aromatic heterocycles. The molecule has 0 aliphatic rings. The van der Waals surface area contributed by atoms with Crippen LogP contribution >= 0.6 is 11.6 Å². The summed E-state index contributed by atoms with van der Waals surface area (Å²) in [6.45, 7) is 6.27. The minimum Gasteiger partial charge on any atom is -0.379 e. The van der Waals surface area contributed by atoms with Crippen molar-refractivity contribution in [2.75, 3.05) is 30.8 Å². The van der Waals surface area contributed by atoms with Crippen LogP contribution in [0.1, 0.15) is 13.8 Å². The lowest BCUT2D eigenvalue weighted by atomic mass is 10.2. The van der Waals surface area contributed by atoms with Gasteiger partial charge in [0.15, 0.2) is 0 Å². The molecule has 0 aromatic carbocycles. The van der Waals surface area contributed by atoms with Gasteiger partial charge in [0.2, 0.25) is 5.95 Å². The maximum absolute atomic E-state index is 5.73. The first-order chi connectivity index (χ1) is 7.58. The zero-order valence-corrected chi connectivity index (χ0v) is 10.3. The van der Waals surface area contributed by atoms with Gasteiger partial charge in [-0.3, -0.25) is 0 Å². The molecule has 0 radical (unpaired) electrons. The molecule has 0 saturated heterocycles. The third-order valence-corrected chi connectivity index (χ3v) is 1.91. The van der Waals surface area contributed by atoms with E-state index in [9.17, 15) is 0 Å². The Hall–Kier alpha value is -1.07. The van der Waals surface area contributed by atoms with E-state index in [0.29, 0.717) is 30.0 Å². The van der Waals surface area contributed by atoms with Crippen LogP contribution in [-0.4, -0.2) is 29.7 Å². The third kappa shape index (κ3) is 5.14. The average molecular weight is 245 g/mol. The molecule has 0 aliphatic carbocycles. The summed E-state index contributed by atoms with van der Waals surface area (Å²) in [5.74, 6) is 1.33. The minimum atomic E-state index is 0.165. The molecule has 0 bridgehead atoms. The number of nitrogens with zero attached hydrogens (tertiary/aromatic N) is 2. The number of hydrogen-bond acceptors (Lipinski definition) is 5. The largest absolute Gasteiger partial charge is 0.379 e. The number of nitrogen functional groups attached to an aromatic ring is 1. The van der Waals surface area contributed by atoms with Gasteiger partial charge < -0.3 is 15.8 Å². The SMILES string of the molecule is CC(C)COCCNc1cc(Cl)nc(N)n1. The summed E-state index contributed by atoms with van der Waals surface area (Å²) < 4.78 is 5.41. The molecular formula is C10H17ClN4O. The van der Waals surface area contributed by atoms with Gasteiger partial charge in [-0.2, -0.15) is 4.98 Å². The summed E-state index contributed by atoms with van der Waals surface area (Å²) in [5, 5.41) is 3.39. The Morgan fingerprint density at radius 1 is 1.50 bits per heavy atom. The molecule has 90 valence electrons. The van der Waals surface area contributed by atoms with Crippen molar-refractivity contribution < 1.29 is 4.74 Å². The molecule has 0 unspecified atom stereocenters. The third-order valence-electron chi connectivity index (χ3n) is 1.72. The van der Waals surface area contributed by atoms with Crippen molar-refractivity contribution in [3.63, 3.8) is 0 Å². The highest BCUT2D eigenvalue weighted by Crippen LogP contribution is 2.11. The van der Waals surface area contributed by atoms with Crippen LogP contribution in [-0.2, 0) is 4.74 Å². The van der Waals surface area contributed by atoms with Crippen molar-refractivity contribution in [3.05, 3.63) is 11.2 Å². The number of hydrogen-bond donors (Lipinski definition) is 2. The summed E-state index contributed by atoms with van der Waals surface area (Å²) in [6, 6.07) is 1.63. The summed E-state index contributed by atoms with van der Waals surface area (Å²) in [4.78, 5) is 7.75. The van der Waals surface area contributed by atoms with Crippen molar-refractivity contribution in [1.29, 1.82) is 0 Å². The molecule has 0 saturated carbocycles. The second kappa shape index (κ2) is 6.50. The van der Waals surface area contributed by atoms with Crippen molar-refractivity contribution in [2.45, 2.75) is 13.8 Å². The van der Waals surface area contributed by atoms with Crippen LogP contribution < -0.4 is 11.1 Å². The fourth-order valence-electron chi connectivity index (χ4n) is 1.10. The number of aromatic nitrogens is 2. The fourth-order valence-corrected chi connectivity index (χ4v) is 1.29. The molecular weight excluding hydrogens is 228 g/mol. The van der Waals surface area contributed by atoms with Gasteiger partial charge in [0, 0.05) is 19.2 Å². The Kier molecular flexibility index (Phi) is 5.28. The fraction of sp³-hybridized carbons (Fsp3) is 0.600. The van der Waals surface area contributed by atoms with Crippen LogP contribution in [0.3, 0.4) is 0 Å². The van der Waals surface area contributed by atoms with E-state index < -0.39 is 0 Å². The molecule has 0 atom stereocenters. The predicted molar refractivity (Wildman–Crippen MR) is 65.6 cm³/mol. The van der Waals surface area contributed by atoms with E-state index in [2.05, 4.69) is 29.1 Å². The number of nitrogens with one attached hydrogen (secondary N) is 1. The normalized spacial score (nSPS) is 10.8. The van der Waals surface area contributed by atoms with Gasteiger partial charge in [0.05, 0.1) is 6.61 Å². The molecule has 3 N–H and O–H groups in total. The Labute approximate surface area is 100 Å². The number of ether oxygens (including phenoxy) is 1. The zero-order chi connectivity index (χ0) is 12.0. The Balaban J connectivity index is 2.26. The number of nitrogens with two attached hydrogens (primary N) is 1. The van der Waals surface area contributed by atoms with E-state index in [0.717, 1.165) is 6.61 Å². The molecule has 0 amide bonds. The van der Waals surface area contributed by atoms with Crippen molar-refractivity contribution in [1.82, 2.24) is 9.97 Å². The van der Waals surface area contributed by atoms with E-state index in [1.165, 1.54) is 0 Å². The first-order valence-electron chi connectivity index (χ1n) is 5.19. The van der Waals surface area contributed by atoms with E-state index in [1.807, 2.05) is 0 Å². The highest BCUT2D eigenvalue weighted by atomic mass is 35.5. The maximum Gasteiger partial charge on any atom is 0.223 e. The van der Waals surface area contributed by atoms with E-state index in [1.54, 1.807) is 6.07 Å². The second-order valence-electron chi connectivity index (χ2n) is 3.83. The standard InChI is InChI=1S/C10H17ClN4O/c1-7(2)6-16-4-3-13-9-5-8(11)14-10(12)15-9/h5,7H,3-4,6H2,1-2H3,(H3,12,13,14,15). The highest BCUT2D eigenvalue weighted by molar-refractivity contribution is 6.29. The van der Waals surface area contributed by atoms with Crippen LogP contribution in [0.25, 0.3) is 0 Å². The van der Waals surface area contributed by atoms with Gasteiger partial charge in [-0.15, -0.1) is 0 Å². The van der Waals surface area contributed by atoms with Gasteiger partial charge >= 0.3 is 0 Å². The van der Waals surface area contributed by atoms with E-state index in [4.69, 9.17) is 22.1 Å². The smallest absolute Gasteiger partial charge is 0.223 e. The molecule has 1 aromatic rings. The summed E-state index contributed by atoms with van der Waals surface area (Å²) >= 11 is 5.73. The first kappa shape index (κ1) is 13.0. The summed E-state index contributed by atoms with van der Waals surface area (Å²) in [7, 11) is 0. The van der Waals surface area contributed by atoms with Crippen molar-refractivity contribution in [3.8, 4) is 0 Å². The maximum atomic E-state index is 5.73.